The summed E-state index contributed by atoms with van der Waals surface area (Å²) >= 11 is 0. The van der Waals surface area contributed by atoms with Gasteiger partial charge in [-0.05, 0) is 96.3 Å². The van der Waals surface area contributed by atoms with Gasteiger partial charge in [-0.15, -0.1) is 0 Å². The second kappa shape index (κ2) is 63.9. The second-order valence-corrected chi connectivity index (χ2v) is 21.3. The summed E-state index contributed by atoms with van der Waals surface area (Å²) in [4.78, 5) is 38.3. The molecule has 0 heterocycles. The molecule has 0 spiro atoms. The molecule has 1 atom stereocenters. The fourth-order valence-electron chi connectivity index (χ4n) is 9.02. The third-order valence-corrected chi connectivity index (χ3v) is 13.8. The van der Waals surface area contributed by atoms with E-state index in [1.807, 2.05) is 0 Å². The molecule has 1 unspecified atom stereocenters. The normalized spacial score (nSPS) is 12.7. The molecule has 0 saturated carbocycles. The summed E-state index contributed by atoms with van der Waals surface area (Å²) in [5.74, 6) is -0.894. The van der Waals surface area contributed by atoms with Gasteiger partial charge in [0.05, 0.1) is 0 Å². The van der Waals surface area contributed by atoms with E-state index in [-0.39, 0.29) is 31.1 Å². The van der Waals surface area contributed by atoms with Crippen molar-refractivity contribution in [3.05, 3.63) is 97.2 Å². The van der Waals surface area contributed by atoms with Crippen LogP contribution in [0.25, 0.3) is 0 Å². The van der Waals surface area contributed by atoms with Crippen LogP contribution in [-0.4, -0.2) is 37.2 Å². The van der Waals surface area contributed by atoms with Crippen LogP contribution in [0.1, 0.15) is 310 Å². The van der Waals surface area contributed by atoms with E-state index in [2.05, 4.69) is 118 Å². The third-order valence-electron chi connectivity index (χ3n) is 13.8. The molecule has 76 heavy (non-hydrogen) atoms. The third kappa shape index (κ3) is 61.2. The van der Waals surface area contributed by atoms with E-state index in [1.165, 1.54) is 135 Å². The van der Waals surface area contributed by atoms with E-state index in [4.69, 9.17) is 14.2 Å². The fourth-order valence-corrected chi connectivity index (χ4v) is 9.02. The quantitative estimate of drug-likeness (QED) is 0.0261. The second-order valence-electron chi connectivity index (χ2n) is 21.3. The van der Waals surface area contributed by atoms with Crippen molar-refractivity contribution in [2.45, 2.75) is 316 Å². The van der Waals surface area contributed by atoms with E-state index in [0.29, 0.717) is 19.3 Å². The molecule has 0 amide bonds. The number of rotatable bonds is 58. The van der Waals surface area contributed by atoms with E-state index in [0.717, 1.165) is 135 Å². The maximum Gasteiger partial charge on any atom is 0.306 e. The molecule has 6 nitrogen and oxygen atoms in total. The highest BCUT2D eigenvalue weighted by Crippen LogP contribution is 2.17. The van der Waals surface area contributed by atoms with Crippen molar-refractivity contribution in [1.82, 2.24) is 0 Å². The molecule has 0 aliphatic heterocycles. The first-order valence-electron chi connectivity index (χ1n) is 32.2. The van der Waals surface area contributed by atoms with Crippen LogP contribution in [0.4, 0.5) is 0 Å². The SMILES string of the molecule is CC/C=C\C/C=C\C/C=C\C/C=C\C/C=C\C/C=C\CCCCCCCCCCC(=O)OCC(COC(=O)CCCCCCC/C=C\C/C=C\CCC)OC(=O)CCCCCCCCCCCCCCCCCCCC. The maximum absolute atomic E-state index is 12.9. The first kappa shape index (κ1) is 72.3. The van der Waals surface area contributed by atoms with Gasteiger partial charge in [0.25, 0.3) is 0 Å². The number of allylic oxidation sites excluding steroid dienone is 16. The number of carbonyl (C=O) groups is 3. The summed E-state index contributed by atoms with van der Waals surface area (Å²) < 4.78 is 16.9. The Kier molecular flexibility index (Phi) is 60.8. The van der Waals surface area contributed by atoms with Crippen LogP contribution in [0, 0.1) is 0 Å². The van der Waals surface area contributed by atoms with Gasteiger partial charge in [0.2, 0.25) is 0 Å². The zero-order valence-electron chi connectivity index (χ0n) is 50.0. The Morgan fingerprint density at radius 1 is 0.276 bits per heavy atom. The molecule has 0 bridgehead atoms. The highest BCUT2D eigenvalue weighted by atomic mass is 16.6. The van der Waals surface area contributed by atoms with Crippen LogP contribution < -0.4 is 0 Å². The molecular formula is C70H120O6. The molecule has 0 N–H and O–H groups in total. The molecule has 0 aromatic rings. The summed E-state index contributed by atoms with van der Waals surface area (Å²) in [7, 11) is 0. The van der Waals surface area contributed by atoms with Gasteiger partial charge >= 0.3 is 17.9 Å². The average Bonchev–Trinajstić information content (AvgIpc) is 3.42. The Bertz CT molecular complexity index is 1490. The molecule has 0 radical (unpaired) electrons. The first-order valence-corrected chi connectivity index (χ1v) is 32.2. The van der Waals surface area contributed by atoms with Crippen molar-refractivity contribution in [3.8, 4) is 0 Å². The Labute approximate surface area is 470 Å². The van der Waals surface area contributed by atoms with Gasteiger partial charge in [-0.2, -0.15) is 0 Å². The molecule has 0 saturated heterocycles. The Morgan fingerprint density at radius 2 is 0.539 bits per heavy atom. The lowest BCUT2D eigenvalue weighted by atomic mass is 10.0. The van der Waals surface area contributed by atoms with Crippen molar-refractivity contribution in [1.29, 1.82) is 0 Å². The number of hydrogen-bond acceptors (Lipinski definition) is 6. The summed E-state index contributed by atoms with van der Waals surface area (Å²) in [5, 5.41) is 0. The van der Waals surface area contributed by atoms with Gasteiger partial charge in [0.1, 0.15) is 13.2 Å². The summed E-state index contributed by atoms with van der Waals surface area (Å²) in [6, 6.07) is 0. The van der Waals surface area contributed by atoms with Crippen molar-refractivity contribution in [2.75, 3.05) is 13.2 Å². The predicted molar refractivity (Wildman–Crippen MR) is 330 cm³/mol. The molecule has 0 aliphatic rings. The number of carbonyl (C=O) groups excluding carboxylic acids is 3. The van der Waals surface area contributed by atoms with Gasteiger partial charge in [0, 0.05) is 19.3 Å². The lowest BCUT2D eigenvalue weighted by molar-refractivity contribution is -0.167. The maximum atomic E-state index is 12.9. The number of esters is 3. The number of ether oxygens (including phenoxy) is 3. The first-order chi connectivity index (χ1) is 37.5. The van der Waals surface area contributed by atoms with Crippen molar-refractivity contribution < 1.29 is 28.6 Å². The molecule has 436 valence electrons. The molecule has 6 heteroatoms. The number of hydrogen-bond donors (Lipinski definition) is 0. The molecular weight excluding hydrogens is 937 g/mol. The van der Waals surface area contributed by atoms with Crippen LogP contribution in [-0.2, 0) is 28.6 Å². The largest absolute Gasteiger partial charge is 0.462 e. The molecule has 0 aliphatic carbocycles. The Hall–Kier alpha value is -3.67. The number of unbranched alkanes of at least 4 members (excludes halogenated alkanes) is 31. The van der Waals surface area contributed by atoms with Crippen LogP contribution in [0.5, 0.6) is 0 Å². The lowest BCUT2D eigenvalue weighted by Gasteiger charge is -2.18. The monoisotopic (exact) mass is 1060 g/mol. The molecule has 0 aromatic heterocycles. The van der Waals surface area contributed by atoms with Crippen molar-refractivity contribution >= 4 is 17.9 Å². The minimum atomic E-state index is -0.787. The molecule has 0 rings (SSSR count). The van der Waals surface area contributed by atoms with E-state index < -0.39 is 6.10 Å². The highest BCUT2D eigenvalue weighted by Gasteiger charge is 2.19. The van der Waals surface area contributed by atoms with Crippen molar-refractivity contribution in [3.63, 3.8) is 0 Å². The minimum absolute atomic E-state index is 0.0843. The van der Waals surface area contributed by atoms with Gasteiger partial charge in [-0.1, -0.05) is 291 Å². The Balaban J connectivity index is 4.32. The van der Waals surface area contributed by atoms with Crippen LogP contribution in [0.3, 0.4) is 0 Å². The van der Waals surface area contributed by atoms with Crippen LogP contribution >= 0.6 is 0 Å². The summed E-state index contributed by atoms with van der Waals surface area (Å²) in [5.41, 5.74) is 0. The smallest absolute Gasteiger partial charge is 0.306 e. The van der Waals surface area contributed by atoms with Crippen LogP contribution in [0.15, 0.2) is 97.2 Å². The van der Waals surface area contributed by atoms with E-state index >= 15 is 0 Å². The predicted octanol–water partition coefficient (Wildman–Crippen LogP) is 22.0. The average molecular weight is 1060 g/mol. The van der Waals surface area contributed by atoms with Gasteiger partial charge in [-0.3, -0.25) is 14.4 Å². The van der Waals surface area contributed by atoms with Crippen molar-refractivity contribution in [2.24, 2.45) is 0 Å². The van der Waals surface area contributed by atoms with Crippen LogP contribution in [0.2, 0.25) is 0 Å². The van der Waals surface area contributed by atoms with Gasteiger partial charge in [-0.25, -0.2) is 0 Å². The molecule has 0 fully saturated rings. The van der Waals surface area contributed by atoms with E-state index in [9.17, 15) is 14.4 Å². The summed E-state index contributed by atoms with van der Waals surface area (Å²) in [6.45, 7) is 6.47. The topological polar surface area (TPSA) is 78.9 Å². The fraction of sp³-hybridized carbons (Fsp3) is 0.729. The summed E-state index contributed by atoms with van der Waals surface area (Å²) in [6.07, 6.45) is 85.5. The zero-order valence-corrected chi connectivity index (χ0v) is 50.0. The standard InChI is InChI=1S/C70H120O6/c1-4-7-10-13-16-19-22-25-27-29-31-32-33-34-35-36-37-38-39-41-42-45-48-51-54-57-60-63-69(72)75-66-67(65-74-68(71)62-59-56-53-50-47-44-24-21-18-15-12-9-6-3)76-70(73)64-61-58-55-52-49-46-43-40-30-28-26-23-20-17-14-11-8-5-2/h7,10,12,15-16,19,21,24-25,27,31-32,34-35,37-38,67H,4-6,8-9,11,13-14,17-18,20,22-23,26,28-30,33,36,39-66H2,1-3H3/b10-7-,15-12-,19-16-,24-21-,27-25-,32-31-,35-34-,38-37-. The van der Waals surface area contributed by atoms with Gasteiger partial charge in [0.15, 0.2) is 6.10 Å². The van der Waals surface area contributed by atoms with Gasteiger partial charge < -0.3 is 14.2 Å². The van der Waals surface area contributed by atoms with E-state index in [1.54, 1.807) is 0 Å². The zero-order chi connectivity index (χ0) is 55.0. The Morgan fingerprint density at radius 3 is 0.855 bits per heavy atom. The molecule has 0 aromatic carbocycles. The lowest BCUT2D eigenvalue weighted by Crippen LogP contribution is -2.30. The highest BCUT2D eigenvalue weighted by molar-refractivity contribution is 5.71. The minimum Gasteiger partial charge on any atom is -0.462 e.